The van der Waals surface area contributed by atoms with Gasteiger partial charge in [0, 0.05) is 24.5 Å². The molecule has 2 aromatic heterocycles. The highest BCUT2D eigenvalue weighted by Gasteiger charge is 2.50. The van der Waals surface area contributed by atoms with E-state index in [1.54, 1.807) is 20.0 Å². The summed E-state index contributed by atoms with van der Waals surface area (Å²) in [5.74, 6) is 1.43. The molecule has 4 bridgehead atoms. The van der Waals surface area contributed by atoms with Gasteiger partial charge in [0.25, 0.3) is 11.9 Å². The third-order valence-corrected chi connectivity index (χ3v) is 7.30. The molecule has 4 aliphatic rings. The summed E-state index contributed by atoms with van der Waals surface area (Å²) < 4.78 is 1.38. The van der Waals surface area contributed by atoms with Gasteiger partial charge >= 0.3 is 5.97 Å². The number of aromatic carboxylic acids is 1. The second kappa shape index (κ2) is 6.89. The maximum Gasteiger partial charge on any atom is 0.354 e. The van der Waals surface area contributed by atoms with Gasteiger partial charge in [-0.1, -0.05) is 0 Å². The minimum absolute atomic E-state index is 0.0685. The number of aryl methyl sites for hydroxylation is 2. The van der Waals surface area contributed by atoms with Crippen LogP contribution in [-0.4, -0.2) is 43.3 Å². The monoisotopic (exact) mass is 409 g/mol. The molecule has 0 unspecified atom stereocenters. The molecule has 4 fully saturated rings. The van der Waals surface area contributed by atoms with Crippen LogP contribution in [0.3, 0.4) is 0 Å². The van der Waals surface area contributed by atoms with Crippen molar-refractivity contribution in [3.05, 3.63) is 34.9 Å². The van der Waals surface area contributed by atoms with E-state index in [1.165, 1.54) is 49.4 Å². The first kappa shape index (κ1) is 19.2. The molecule has 4 aliphatic carbocycles. The van der Waals surface area contributed by atoms with Crippen molar-refractivity contribution in [3.8, 4) is 5.95 Å². The van der Waals surface area contributed by atoms with E-state index < -0.39 is 5.97 Å². The maximum atomic E-state index is 12.9. The van der Waals surface area contributed by atoms with Crippen LogP contribution in [0.1, 0.15) is 70.6 Å². The molecule has 158 valence electrons. The van der Waals surface area contributed by atoms with Crippen molar-refractivity contribution >= 4 is 11.9 Å². The normalized spacial score (nSPS) is 29.2. The predicted octanol–water partition coefficient (Wildman–Crippen LogP) is 2.92. The van der Waals surface area contributed by atoms with Gasteiger partial charge in [-0.2, -0.15) is 5.10 Å². The van der Waals surface area contributed by atoms with Crippen LogP contribution in [0.25, 0.3) is 5.95 Å². The molecule has 8 heteroatoms. The number of nitrogens with zero attached hydrogens (tertiary/aromatic N) is 4. The van der Waals surface area contributed by atoms with Gasteiger partial charge in [0.1, 0.15) is 0 Å². The van der Waals surface area contributed by atoms with E-state index in [9.17, 15) is 14.7 Å². The van der Waals surface area contributed by atoms with E-state index in [2.05, 4.69) is 20.4 Å². The highest BCUT2D eigenvalue weighted by molar-refractivity contribution is 5.95. The number of carboxylic acid groups (broad SMARTS) is 1. The van der Waals surface area contributed by atoms with Gasteiger partial charge in [-0.3, -0.25) is 4.79 Å². The topological polar surface area (TPSA) is 110 Å². The Morgan fingerprint density at radius 2 is 1.80 bits per heavy atom. The lowest BCUT2D eigenvalue weighted by molar-refractivity contribution is -0.0503. The zero-order valence-electron chi connectivity index (χ0n) is 17.4. The molecule has 0 spiro atoms. The summed E-state index contributed by atoms with van der Waals surface area (Å²) in [4.78, 5) is 32.5. The average molecular weight is 409 g/mol. The zero-order valence-corrected chi connectivity index (χ0v) is 17.4. The smallest absolute Gasteiger partial charge is 0.354 e. The van der Waals surface area contributed by atoms with Crippen LogP contribution < -0.4 is 5.32 Å². The Hall–Kier alpha value is -2.77. The predicted molar refractivity (Wildman–Crippen MR) is 109 cm³/mol. The van der Waals surface area contributed by atoms with Gasteiger partial charge in [-0.05, 0) is 75.5 Å². The molecule has 2 heterocycles. The summed E-state index contributed by atoms with van der Waals surface area (Å²) in [6.45, 7) is 4.14. The second-order valence-corrected chi connectivity index (χ2v) is 9.68. The molecule has 4 saturated carbocycles. The van der Waals surface area contributed by atoms with Crippen LogP contribution in [0.2, 0.25) is 0 Å². The van der Waals surface area contributed by atoms with E-state index in [0.29, 0.717) is 16.8 Å². The SMILES string of the molecule is Cc1cnc(-n2cc(C(=O)NCC34CC5CC(CC(C5)C3)C4)c(C)n2)nc1C(=O)O. The number of carboxylic acids is 1. The highest BCUT2D eigenvalue weighted by Crippen LogP contribution is 2.59. The molecule has 30 heavy (non-hydrogen) atoms. The van der Waals surface area contributed by atoms with E-state index in [4.69, 9.17) is 0 Å². The van der Waals surface area contributed by atoms with E-state index >= 15 is 0 Å². The number of amides is 1. The summed E-state index contributed by atoms with van der Waals surface area (Å²) in [5.41, 5.74) is 1.72. The van der Waals surface area contributed by atoms with Gasteiger partial charge in [0.05, 0.1) is 11.3 Å². The molecule has 0 radical (unpaired) electrons. The Morgan fingerprint density at radius 1 is 1.17 bits per heavy atom. The summed E-state index contributed by atoms with van der Waals surface area (Å²) in [6, 6.07) is 0. The molecular formula is C22H27N5O3. The molecule has 0 aliphatic heterocycles. The lowest BCUT2D eigenvalue weighted by Gasteiger charge is -2.56. The van der Waals surface area contributed by atoms with Crippen LogP contribution in [0, 0.1) is 37.0 Å². The van der Waals surface area contributed by atoms with Gasteiger partial charge < -0.3 is 10.4 Å². The van der Waals surface area contributed by atoms with Crippen molar-refractivity contribution in [2.24, 2.45) is 23.2 Å². The summed E-state index contributed by atoms with van der Waals surface area (Å²) >= 11 is 0. The lowest BCUT2D eigenvalue weighted by atomic mass is 9.49. The van der Waals surface area contributed by atoms with Crippen molar-refractivity contribution in [2.45, 2.75) is 52.4 Å². The maximum absolute atomic E-state index is 12.9. The van der Waals surface area contributed by atoms with E-state index in [0.717, 1.165) is 24.3 Å². The molecular weight excluding hydrogens is 382 g/mol. The van der Waals surface area contributed by atoms with Gasteiger partial charge in [-0.25, -0.2) is 19.4 Å². The van der Waals surface area contributed by atoms with Crippen LogP contribution in [0.15, 0.2) is 12.4 Å². The number of aromatic nitrogens is 4. The first-order valence-electron chi connectivity index (χ1n) is 10.7. The molecule has 0 saturated heterocycles. The molecule has 6 rings (SSSR count). The standard InChI is InChI=1S/C22H27N5O3/c1-12-9-23-21(25-18(12)20(29)30)27-10-17(13(2)26-27)19(28)24-11-22-6-14-3-15(7-22)5-16(4-14)8-22/h9-10,14-16H,3-8,11H2,1-2H3,(H,24,28)(H,29,30). The minimum atomic E-state index is -1.12. The minimum Gasteiger partial charge on any atom is -0.476 e. The zero-order chi connectivity index (χ0) is 21.0. The van der Waals surface area contributed by atoms with Crippen LogP contribution >= 0.6 is 0 Å². The van der Waals surface area contributed by atoms with Crippen molar-refractivity contribution in [2.75, 3.05) is 6.54 Å². The van der Waals surface area contributed by atoms with Crippen LogP contribution in [0.5, 0.6) is 0 Å². The van der Waals surface area contributed by atoms with Gasteiger partial charge in [0.2, 0.25) is 0 Å². The number of carbonyl (C=O) groups excluding carboxylic acids is 1. The van der Waals surface area contributed by atoms with Gasteiger partial charge in [-0.15, -0.1) is 0 Å². The summed E-state index contributed by atoms with van der Waals surface area (Å²) in [5, 5.41) is 16.8. The number of carbonyl (C=O) groups is 2. The van der Waals surface area contributed by atoms with E-state index in [1.807, 2.05) is 0 Å². The van der Waals surface area contributed by atoms with Crippen molar-refractivity contribution in [1.29, 1.82) is 0 Å². The third kappa shape index (κ3) is 3.28. The number of rotatable bonds is 5. The van der Waals surface area contributed by atoms with Crippen molar-refractivity contribution in [1.82, 2.24) is 25.1 Å². The average Bonchev–Trinajstić information content (AvgIpc) is 3.07. The molecule has 8 nitrogen and oxygen atoms in total. The molecule has 2 aromatic rings. The Labute approximate surface area is 175 Å². The fraction of sp³-hybridized carbons (Fsp3) is 0.591. The Balaban J connectivity index is 1.32. The largest absolute Gasteiger partial charge is 0.476 e. The fourth-order valence-corrected chi connectivity index (χ4v) is 6.41. The molecule has 1 amide bonds. The fourth-order valence-electron chi connectivity index (χ4n) is 6.41. The van der Waals surface area contributed by atoms with Gasteiger partial charge in [0.15, 0.2) is 5.69 Å². The molecule has 0 aromatic carbocycles. The Morgan fingerprint density at radius 3 is 2.40 bits per heavy atom. The van der Waals surface area contributed by atoms with Crippen LogP contribution in [0.4, 0.5) is 0 Å². The first-order chi connectivity index (χ1) is 14.3. The summed E-state index contributed by atoms with van der Waals surface area (Å²) in [6.07, 6.45) is 10.9. The third-order valence-electron chi connectivity index (χ3n) is 7.30. The lowest BCUT2D eigenvalue weighted by Crippen LogP contribution is -2.51. The number of hydrogen-bond donors (Lipinski definition) is 2. The highest BCUT2D eigenvalue weighted by atomic mass is 16.4. The second-order valence-electron chi connectivity index (χ2n) is 9.68. The molecule has 0 atom stereocenters. The van der Waals surface area contributed by atoms with Crippen molar-refractivity contribution < 1.29 is 14.7 Å². The summed E-state index contributed by atoms with van der Waals surface area (Å²) in [7, 11) is 0. The van der Waals surface area contributed by atoms with E-state index in [-0.39, 0.29) is 23.0 Å². The van der Waals surface area contributed by atoms with Crippen molar-refractivity contribution in [3.63, 3.8) is 0 Å². The first-order valence-corrected chi connectivity index (χ1v) is 10.7. The van der Waals surface area contributed by atoms with Crippen LogP contribution in [-0.2, 0) is 0 Å². The molecule has 2 N–H and O–H groups in total. The number of nitrogens with one attached hydrogen (secondary N) is 1. The Bertz CT molecular complexity index is 992. The number of hydrogen-bond acceptors (Lipinski definition) is 5. The Kier molecular flexibility index (Phi) is 4.41. The quantitative estimate of drug-likeness (QED) is 0.786.